The van der Waals surface area contributed by atoms with Crippen molar-refractivity contribution in [1.29, 1.82) is 0 Å². The lowest BCUT2D eigenvalue weighted by molar-refractivity contribution is 0.102. The van der Waals surface area contributed by atoms with Crippen LogP contribution in [-0.2, 0) is 0 Å². The summed E-state index contributed by atoms with van der Waals surface area (Å²) in [4.78, 5) is 16.1. The van der Waals surface area contributed by atoms with Gasteiger partial charge in [-0.15, -0.1) is 0 Å². The number of nitrogens with one attached hydrogen (secondary N) is 2. The third-order valence-electron chi connectivity index (χ3n) is 2.99. The molecular formula is C16H19N3O. The van der Waals surface area contributed by atoms with E-state index in [1.165, 1.54) is 0 Å². The van der Waals surface area contributed by atoms with Crippen molar-refractivity contribution in [1.82, 2.24) is 4.98 Å². The summed E-state index contributed by atoms with van der Waals surface area (Å²) in [6.07, 6.45) is 4.38. The number of hydrogen-bond acceptors (Lipinski definition) is 3. The van der Waals surface area contributed by atoms with Crippen molar-refractivity contribution in [3.8, 4) is 0 Å². The first kappa shape index (κ1) is 14.1. The van der Waals surface area contributed by atoms with E-state index in [9.17, 15) is 4.79 Å². The van der Waals surface area contributed by atoms with Crippen molar-refractivity contribution in [3.63, 3.8) is 0 Å². The van der Waals surface area contributed by atoms with Crippen molar-refractivity contribution in [3.05, 3.63) is 53.9 Å². The summed E-state index contributed by atoms with van der Waals surface area (Å²) >= 11 is 0. The molecule has 0 saturated carbocycles. The van der Waals surface area contributed by atoms with Crippen LogP contribution in [0.5, 0.6) is 0 Å². The molecule has 2 N–H and O–H groups in total. The van der Waals surface area contributed by atoms with Crippen LogP contribution in [0.3, 0.4) is 0 Å². The fourth-order valence-corrected chi connectivity index (χ4v) is 1.90. The number of carbonyl (C=O) groups excluding carboxylic acids is 1. The number of rotatable bonds is 5. The normalized spacial score (nSPS) is 10.1. The van der Waals surface area contributed by atoms with Crippen LogP contribution in [0.1, 0.15) is 29.3 Å². The van der Waals surface area contributed by atoms with Gasteiger partial charge in [0.05, 0.1) is 0 Å². The maximum absolute atomic E-state index is 12.1. The summed E-state index contributed by atoms with van der Waals surface area (Å²) in [6, 6.07) is 9.21. The van der Waals surface area contributed by atoms with E-state index in [-0.39, 0.29) is 5.91 Å². The Bertz CT molecular complexity index is 582. The number of hydrogen-bond donors (Lipinski definition) is 2. The third kappa shape index (κ3) is 3.57. The Labute approximate surface area is 119 Å². The van der Waals surface area contributed by atoms with E-state index in [0.717, 1.165) is 29.9 Å². The minimum absolute atomic E-state index is 0.110. The van der Waals surface area contributed by atoms with E-state index in [1.807, 2.05) is 25.1 Å². The quantitative estimate of drug-likeness (QED) is 0.874. The molecule has 4 nitrogen and oxygen atoms in total. The molecule has 4 heteroatoms. The van der Waals surface area contributed by atoms with Gasteiger partial charge in [-0.05, 0) is 49.2 Å². The van der Waals surface area contributed by atoms with Crippen LogP contribution in [0.2, 0.25) is 0 Å². The third-order valence-corrected chi connectivity index (χ3v) is 2.99. The van der Waals surface area contributed by atoms with E-state index in [2.05, 4.69) is 22.5 Å². The Morgan fingerprint density at radius 2 is 1.95 bits per heavy atom. The number of aromatic nitrogens is 1. The van der Waals surface area contributed by atoms with Gasteiger partial charge in [0, 0.05) is 35.9 Å². The standard InChI is InChI=1S/C16H19N3O/c1-3-8-18-15-5-4-13(11-12(15)2)16(20)19-14-6-9-17-10-7-14/h4-7,9-11,18H,3,8H2,1-2H3,(H,17,19,20). The summed E-state index contributed by atoms with van der Waals surface area (Å²) in [5, 5.41) is 6.19. The molecule has 0 unspecified atom stereocenters. The summed E-state index contributed by atoms with van der Waals surface area (Å²) in [5.74, 6) is -0.110. The topological polar surface area (TPSA) is 54.0 Å². The predicted molar refractivity (Wildman–Crippen MR) is 82.1 cm³/mol. The highest BCUT2D eigenvalue weighted by atomic mass is 16.1. The van der Waals surface area contributed by atoms with Gasteiger partial charge in [0.25, 0.3) is 5.91 Å². The molecule has 1 heterocycles. The first-order chi connectivity index (χ1) is 9.70. The van der Waals surface area contributed by atoms with Crippen LogP contribution in [0.25, 0.3) is 0 Å². The highest BCUT2D eigenvalue weighted by Crippen LogP contribution is 2.17. The van der Waals surface area contributed by atoms with Crippen LogP contribution in [0, 0.1) is 6.92 Å². The molecule has 1 aromatic heterocycles. The van der Waals surface area contributed by atoms with Gasteiger partial charge in [-0.2, -0.15) is 0 Å². The smallest absolute Gasteiger partial charge is 0.255 e. The fraction of sp³-hybridized carbons (Fsp3) is 0.250. The van der Waals surface area contributed by atoms with Gasteiger partial charge in [0.2, 0.25) is 0 Å². The number of benzene rings is 1. The Balaban J connectivity index is 2.09. The van der Waals surface area contributed by atoms with Crippen LogP contribution in [0.15, 0.2) is 42.7 Å². The van der Waals surface area contributed by atoms with Gasteiger partial charge in [-0.25, -0.2) is 0 Å². The van der Waals surface area contributed by atoms with Crippen molar-refractivity contribution < 1.29 is 4.79 Å². The summed E-state index contributed by atoms with van der Waals surface area (Å²) in [6.45, 7) is 5.06. The molecule has 0 aliphatic carbocycles. The Morgan fingerprint density at radius 1 is 1.20 bits per heavy atom. The van der Waals surface area contributed by atoms with Crippen LogP contribution >= 0.6 is 0 Å². The van der Waals surface area contributed by atoms with Gasteiger partial charge in [-0.3, -0.25) is 9.78 Å². The highest BCUT2D eigenvalue weighted by Gasteiger charge is 2.07. The molecule has 0 atom stereocenters. The molecule has 2 rings (SSSR count). The SMILES string of the molecule is CCCNc1ccc(C(=O)Nc2ccncc2)cc1C. The summed E-state index contributed by atoms with van der Waals surface area (Å²) in [7, 11) is 0. The Morgan fingerprint density at radius 3 is 2.60 bits per heavy atom. The predicted octanol–water partition coefficient (Wildman–Crippen LogP) is 3.46. The van der Waals surface area contributed by atoms with Crippen LogP contribution in [-0.4, -0.2) is 17.4 Å². The zero-order chi connectivity index (χ0) is 14.4. The molecule has 0 saturated heterocycles. The van der Waals surface area contributed by atoms with Crippen LogP contribution < -0.4 is 10.6 Å². The molecule has 20 heavy (non-hydrogen) atoms. The zero-order valence-corrected chi connectivity index (χ0v) is 11.8. The number of carbonyl (C=O) groups is 1. The average molecular weight is 269 g/mol. The summed E-state index contributed by atoms with van der Waals surface area (Å²) in [5.41, 5.74) is 3.55. The minimum Gasteiger partial charge on any atom is -0.385 e. The van der Waals surface area contributed by atoms with E-state index < -0.39 is 0 Å². The molecule has 0 spiro atoms. The number of anilines is 2. The molecule has 0 fully saturated rings. The van der Waals surface area contributed by atoms with E-state index in [0.29, 0.717) is 5.56 Å². The molecule has 0 bridgehead atoms. The lowest BCUT2D eigenvalue weighted by atomic mass is 10.1. The second-order valence-corrected chi connectivity index (χ2v) is 4.65. The first-order valence-corrected chi connectivity index (χ1v) is 6.76. The maximum atomic E-state index is 12.1. The van der Waals surface area contributed by atoms with Crippen LogP contribution in [0.4, 0.5) is 11.4 Å². The lowest BCUT2D eigenvalue weighted by Crippen LogP contribution is -2.12. The second kappa shape index (κ2) is 6.70. The molecule has 0 aliphatic heterocycles. The number of nitrogens with zero attached hydrogens (tertiary/aromatic N) is 1. The van der Waals surface area contributed by atoms with Gasteiger partial charge in [0.15, 0.2) is 0 Å². The number of aryl methyl sites for hydroxylation is 1. The number of amides is 1. The minimum atomic E-state index is -0.110. The molecule has 1 amide bonds. The van der Waals surface area contributed by atoms with Gasteiger partial charge >= 0.3 is 0 Å². The van der Waals surface area contributed by atoms with Gasteiger partial charge in [-0.1, -0.05) is 6.92 Å². The molecular weight excluding hydrogens is 250 g/mol. The molecule has 104 valence electrons. The van der Waals surface area contributed by atoms with E-state index in [1.54, 1.807) is 24.5 Å². The molecule has 0 radical (unpaired) electrons. The van der Waals surface area contributed by atoms with Crippen molar-refractivity contribution in [2.75, 3.05) is 17.2 Å². The van der Waals surface area contributed by atoms with Gasteiger partial charge < -0.3 is 10.6 Å². The Hall–Kier alpha value is -2.36. The molecule has 2 aromatic rings. The Kier molecular flexibility index (Phi) is 4.71. The van der Waals surface area contributed by atoms with Gasteiger partial charge in [0.1, 0.15) is 0 Å². The fourth-order valence-electron chi connectivity index (χ4n) is 1.90. The van der Waals surface area contributed by atoms with E-state index >= 15 is 0 Å². The monoisotopic (exact) mass is 269 g/mol. The molecule has 1 aromatic carbocycles. The second-order valence-electron chi connectivity index (χ2n) is 4.65. The van der Waals surface area contributed by atoms with Crippen molar-refractivity contribution in [2.24, 2.45) is 0 Å². The van der Waals surface area contributed by atoms with Crippen molar-refractivity contribution in [2.45, 2.75) is 20.3 Å². The number of pyridine rings is 1. The summed E-state index contributed by atoms with van der Waals surface area (Å²) < 4.78 is 0. The van der Waals surface area contributed by atoms with Crippen molar-refractivity contribution >= 4 is 17.3 Å². The molecule has 0 aliphatic rings. The largest absolute Gasteiger partial charge is 0.385 e. The first-order valence-electron chi connectivity index (χ1n) is 6.76. The van der Waals surface area contributed by atoms with E-state index in [4.69, 9.17) is 0 Å². The maximum Gasteiger partial charge on any atom is 0.255 e. The lowest BCUT2D eigenvalue weighted by Gasteiger charge is -2.10. The average Bonchev–Trinajstić information content (AvgIpc) is 2.47. The zero-order valence-electron chi connectivity index (χ0n) is 11.8. The highest BCUT2D eigenvalue weighted by molar-refractivity contribution is 6.04.